The normalized spacial score (nSPS) is 12.2. The molecule has 0 aromatic carbocycles. The van der Waals surface area contributed by atoms with Crippen molar-refractivity contribution in [1.29, 1.82) is 0 Å². The zero-order chi connectivity index (χ0) is 12.9. The maximum Gasteiger partial charge on any atom is 0.324 e. The smallest absolute Gasteiger partial charge is 0.324 e. The van der Waals surface area contributed by atoms with E-state index in [0.29, 0.717) is 15.7 Å². The van der Waals surface area contributed by atoms with Crippen molar-refractivity contribution >= 4 is 19.9 Å². The van der Waals surface area contributed by atoms with E-state index in [2.05, 4.69) is 6.58 Å². The highest BCUT2D eigenvalue weighted by Crippen LogP contribution is 2.27. The van der Waals surface area contributed by atoms with E-state index in [-0.39, 0.29) is 0 Å². The van der Waals surface area contributed by atoms with Gasteiger partial charge in [-0.05, 0) is 26.0 Å². The topological polar surface area (TPSA) is 57.6 Å². The molecule has 16 heavy (non-hydrogen) atoms. The van der Waals surface area contributed by atoms with Gasteiger partial charge in [0.15, 0.2) is 0 Å². The predicted molar refractivity (Wildman–Crippen MR) is 69.5 cm³/mol. The van der Waals surface area contributed by atoms with Crippen LogP contribution in [0.3, 0.4) is 0 Å². The summed E-state index contributed by atoms with van der Waals surface area (Å²) in [6, 6.07) is 0. The van der Waals surface area contributed by atoms with Crippen LogP contribution in [0.4, 0.5) is 0 Å². The molecule has 0 aromatic rings. The van der Waals surface area contributed by atoms with Crippen LogP contribution in [0.1, 0.15) is 13.8 Å². The van der Waals surface area contributed by atoms with E-state index in [1.54, 1.807) is 30.9 Å². The van der Waals surface area contributed by atoms with E-state index in [0.717, 1.165) is 11.3 Å². The molecule has 1 N–H and O–H groups in total. The summed E-state index contributed by atoms with van der Waals surface area (Å²) >= 11 is 0. The van der Waals surface area contributed by atoms with Crippen molar-refractivity contribution < 1.29 is 13.0 Å². The molecule has 0 heterocycles. The van der Waals surface area contributed by atoms with Crippen molar-refractivity contribution in [2.45, 2.75) is 13.8 Å². The van der Waals surface area contributed by atoms with Gasteiger partial charge in [-0.3, -0.25) is 4.55 Å². The summed E-state index contributed by atoms with van der Waals surface area (Å²) in [5, 5.41) is 0. The number of nitrogens with zero attached hydrogens (tertiary/aromatic N) is 1. The zero-order valence-electron chi connectivity index (χ0n) is 9.89. The molecule has 0 amide bonds. The van der Waals surface area contributed by atoms with Gasteiger partial charge in [-0.25, -0.2) is 0 Å². The summed E-state index contributed by atoms with van der Waals surface area (Å²) in [5.74, 6) is 0. The maximum atomic E-state index is 10.8. The summed E-state index contributed by atoms with van der Waals surface area (Å²) in [6.45, 7) is 7.19. The first-order chi connectivity index (χ1) is 7.17. The molecule has 0 saturated heterocycles. The second-order valence-corrected chi connectivity index (χ2v) is 6.77. The van der Waals surface area contributed by atoms with E-state index in [1.807, 2.05) is 14.1 Å². The first-order valence-electron chi connectivity index (χ1n) is 4.53. The molecule has 0 aliphatic rings. The third kappa shape index (κ3) is 5.99. The lowest BCUT2D eigenvalue weighted by atomic mass is 10.2. The fraction of sp³-hybridized carbons (Fsp3) is 0.400. The lowest BCUT2D eigenvalue weighted by Gasteiger charge is -2.14. The number of likely N-dealkylation sites (N-methyl/N-ethyl adjacent to an activating group) is 1. The third-order valence-corrected chi connectivity index (χ3v) is 3.78. The quantitative estimate of drug-likeness (QED) is 0.469. The van der Waals surface area contributed by atoms with Crippen LogP contribution in [-0.2, 0) is 9.15 Å². The minimum Gasteiger partial charge on any atom is -0.378 e. The fourth-order valence-corrected chi connectivity index (χ4v) is 2.76. The molecule has 0 unspecified atom stereocenters. The molecule has 92 valence electrons. The molecule has 0 bridgehead atoms. The third-order valence-electron chi connectivity index (χ3n) is 1.69. The first-order valence-corrected chi connectivity index (χ1v) is 7.30. The lowest BCUT2D eigenvalue weighted by molar-refractivity contribution is 0.503. The minimum absolute atomic E-state index is 0.428. The summed E-state index contributed by atoms with van der Waals surface area (Å²) in [4.78, 5) is 2.30. The van der Waals surface area contributed by atoms with Gasteiger partial charge in [-0.15, -0.1) is 0 Å². The molecule has 4 nitrogen and oxygen atoms in total. The van der Waals surface area contributed by atoms with Crippen molar-refractivity contribution in [2.24, 2.45) is 0 Å². The van der Waals surface area contributed by atoms with Crippen molar-refractivity contribution in [3.05, 3.63) is 34.9 Å². The van der Waals surface area contributed by atoms with Gasteiger partial charge in [0.05, 0.1) is 0 Å². The van der Waals surface area contributed by atoms with Gasteiger partial charge in [0, 0.05) is 35.5 Å². The molecule has 6 heteroatoms. The van der Waals surface area contributed by atoms with E-state index in [4.69, 9.17) is 4.55 Å². The van der Waals surface area contributed by atoms with Crippen molar-refractivity contribution in [1.82, 2.24) is 4.90 Å². The van der Waals surface area contributed by atoms with Gasteiger partial charge in [-0.1, -0.05) is 12.2 Å². The number of hydrogen-bond donors (Lipinski definition) is 1. The van der Waals surface area contributed by atoms with Crippen LogP contribution in [0.25, 0.3) is 0 Å². The molecular weight excluding hydrogens is 246 g/mol. The molecule has 0 aromatic heterocycles. The predicted octanol–water partition coefficient (Wildman–Crippen LogP) is 2.45. The summed E-state index contributed by atoms with van der Waals surface area (Å²) in [5.41, 5.74) is 1.58. The number of rotatable bonds is 5. The SMILES string of the molecule is C=C/C(=C\C(SS(=O)(=O)O)=C(C)C)N(C)C. The molecule has 0 atom stereocenters. The Bertz CT molecular complexity index is 415. The molecular formula is C10H17NO3S2. The van der Waals surface area contributed by atoms with Crippen LogP contribution in [-0.4, -0.2) is 32.0 Å². The van der Waals surface area contributed by atoms with Crippen LogP contribution in [0.5, 0.6) is 0 Å². The van der Waals surface area contributed by atoms with E-state index >= 15 is 0 Å². The van der Waals surface area contributed by atoms with Gasteiger partial charge in [0.1, 0.15) is 0 Å². The number of hydrogen-bond acceptors (Lipinski definition) is 4. The minimum atomic E-state index is -4.09. The summed E-state index contributed by atoms with van der Waals surface area (Å²) in [6.07, 6.45) is 3.29. The average Bonchev–Trinajstić information content (AvgIpc) is 2.09. The van der Waals surface area contributed by atoms with Gasteiger partial charge in [0.25, 0.3) is 0 Å². The van der Waals surface area contributed by atoms with Crippen molar-refractivity contribution in [2.75, 3.05) is 14.1 Å². The Morgan fingerprint density at radius 3 is 2.12 bits per heavy atom. The summed E-state index contributed by atoms with van der Waals surface area (Å²) < 4.78 is 30.4. The summed E-state index contributed by atoms with van der Waals surface area (Å²) in [7, 11) is -0.00363. The van der Waals surface area contributed by atoms with Gasteiger partial charge >= 0.3 is 9.15 Å². The fourth-order valence-electron chi connectivity index (χ4n) is 0.870. The van der Waals surface area contributed by atoms with E-state index < -0.39 is 9.15 Å². The highest BCUT2D eigenvalue weighted by Gasteiger charge is 2.11. The van der Waals surface area contributed by atoms with Gasteiger partial charge in [0.2, 0.25) is 0 Å². The molecule has 0 radical (unpaired) electrons. The molecule has 0 aliphatic heterocycles. The van der Waals surface area contributed by atoms with Gasteiger partial charge < -0.3 is 4.90 Å². The molecule has 0 spiro atoms. The second kappa shape index (κ2) is 6.12. The molecule has 0 saturated carbocycles. The highest BCUT2D eigenvalue weighted by molar-refractivity contribution is 8.71. The maximum absolute atomic E-state index is 10.8. The highest BCUT2D eigenvalue weighted by atomic mass is 33.1. The Hall–Kier alpha value is -0.720. The average molecular weight is 263 g/mol. The monoisotopic (exact) mass is 263 g/mol. The van der Waals surface area contributed by atoms with Crippen LogP contribution in [0, 0.1) is 0 Å². The van der Waals surface area contributed by atoms with Crippen LogP contribution in [0.15, 0.2) is 34.9 Å². The zero-order valence-corrected chi connectivity index (χ0v) is 11.5. The van der Waals surface area contributed by atoms with Crippen LogP contribution >= 0.6 is 10.8 Å². The molecule has 0 fully saturated rings. The Morgan fingerprint density at radius 2 is 1.88 bits per heavy atom. The first kappa shape index (κ1) is 15.3. The standard InChI is InChI=1S/C10H17NO3S2/c1-6-9(11(4)5)7-10(8(2)3)15-16(12,13)14/h6-7H,1H2,2-5H3,(H,12,13,14)/b9-7+. The van der Waals surface area contributed by atoms with E-state index in [1.165, 1.54) is 0 Å². The van der Waals surface area contributed by atoms with Gasteiger partial charge in [-0.2, -0.15) is 8.42 Å². The Kier molecular flexibility index (Phi) is 5.85. The molecule has 0 rings (SSSR count). The Morgan fingerprint density at radius 1 is 1.38 bits per heavy atom. The Labute approximate surface area is 101 Å². The Balaban J connectivity index is 5.28. The van der Waals surface area contributed by atoms with Crippen molar-refractivity contribution in [3.8, 4) is 0 Å². The van der Waals surface area contributed by atoms with Crippen LogP contribution in [0.2, 0.25) is 0 Å². The largest absolute Gasteiger partial charge is 0.378 e. The molecule has 0 aliphatic carbocycles. The number of allylic oxidation sites excluding steroid dienone is 3. The van der Waals surface area contributed by atoms with Crippen LogP contribution < -0.4 is 0 Å². The second-order valence-electron chi connectivity index (χ2n) is 3.54. The van der Waals surface area contributed by atoms with E-state index in [9.17, 15) is 8.42 Å². The lowest BCUT2D eigenvalue weighted by Crippen LogP contribution is -2.09. The van der Waals surface area contributed by atoms with Crippen molar-refractivity contribution in [3.63, 3.8) is 0 Å².